The largest absolute Gasteiger partial charge is 0.398 e. The van der Waals surface area contributed by atoms with Gasteiger partial charge in [-0.25, -0.2) is 5.11 Å². The Hall–Kier alpha value is -1.28. The number of rotatable bonds is 2. The van der Waals surface area contributed by atoms with Gasteiger partial charge in [0, 0.05) is 5.69 Å². The van der Waals surface area contributed by atoms with Gasteiger partial charge in [0.2, 0.25) is 0 Å². The van der Waals surface area contributed by atoms with Crippen LogP contribution in [0.2, 0.25) is 0 Å². The molecule has 1 rings (SSSR count). The lowest BCUT2D eigenvalue weighted by atomic mass is 10.2. The molecule has 57 valence electrons. The van der Waals surface area contributed by atoms with Gasteiger partial charge >= 0.3 is 0 Å². The highest BCUT2D eigenvalue weighted by molar-refractivity contribution is 5.63. The molecule has 2 N–H and O–H groups in total. The van der Waals surface area contributed by atoms with Crippen molar-refractivity contribution in [1.82, 2.24) is 0 Å². The summed E-state index contributed by atoms with van der Waals surface area (Å²) >= 11 is 0. The van der Waals surface area contributed by atoms with Gasteiger partial charge in [-0.1, -0.05) is 30.4 Å². The first-order valence-electron chi connectivity index (χ1n) is 3.43. The van der Waals surface area contributed by atoms with Crippen molar-refractivity contribution in [2.45, 2.75) is 0 Å². The average Bonchev–Trinajstić information content (AvgIpc) is 2.03. The van der Waals surface area contributed by atoms with Gasteiger partial charge in [-0.05, 0) is 11.6 Å². The number of benzene rings is 1. The van der Waals surface area contributed by atoms with Gasteiger partial charge < -0.3 is 5.73 Å². The summed E-state index contributed by atoms with van der Waals surface area (Å²) in [6.07, 6.45) is 3.29. The van der Waals surface area contributed by atoms with Crippen molar-refractivity contribution in [3.63, 3.8) is 0 Å². The molecule has 0 fully saturated rings. The van der Waals surface area contributed by atoms with Gasteiger partial charge in [0.05, 0.1) is 0 Å². The van der Waals surface area contributed by atoms with Gasteiger partial charge in [0.25, 0.3) is 0 Å². The van der Waals surface area contributed by atoms with Crippen molar-refractivity contribution >= 4 is 11.8 Å². The Morgan fingerprint density at radius 2 is 2.09 bits per heavy atom. The fourth-order valence-corrected chi connectivity index (χ4v) is 0.838. The SMILES string of the molecule is Nc1ccccc1C=CC[O]. The van der Waals surface area contributed by atoms with Crippen LogP contribution in [0.15, 0.2) is 30.3 Å². The van der Waals surface area contributed by atoms with E-state index < -0.39 is 0 Å². The highest BCUT2D eigenvalue weighted by atomic mass is 16.2. The Bertz CT molecular complexity index is 255. The Labute approximate surface area is 66.0 Å². The molecule has 0 aliphatic rings. The third kappa shape index (κ3) is 2.09. The number of hydrogen-bond acceptors (Lipinski definition) is 1. The van der Waals surface area contributed by atoms with Gasteiger partial charge in [-0.3, -0.25) is 0 Å². The molecule has 0 saturated carbocycles. The molecule has 0 amide bonds. The van der Waals surface area contributed by atoms with Crippen LogP contribution in [0.5, 0.6) is 0 Å². The topological polar surface area (TPSA) is 45.9 Å². The molecule has 0 aliphatic carbocycles. The number of nitrogen functional groups attached to an aromatic ring is 1. The minimum absolute atomic E-state index is 0.200. The van der Waals surface area contributed by atoms with E-state index in [9.17, 15) is 5.11 Å². The van der Waals surface area contributed by atoms with E-state index in [4.69, 9.17) is 5.73 Å². The minimum Gasteiger partial charge on any atom is -0.398 e. The van der Waals surface area contributed by atoms with E-state index in [-0.39, 0.29) is 6.61 Å². The molecule has 0 aliphatic heterocycles. The normalized spacial score (nSPS) is 10.6. The van der Waals surface area contributed by atoms with E-state index in [2.05, 4.69) is 0 Å². The first-order valence-corrected chi connectivity index (χ1v) is 3.43. The highest BCUT2D eigenvalue weighted by Crippen LogP contribution is 2.11. The zero-order chi connectivity index (χ0) is 8.10. The highest BCUT2D eigenvalue weighted by Gasteiger charge is 1.89. The van der Waals surface area contributed by atoms with Crippen LogP contribution in [0, 0.1) is 0 Å². The molecule has 1 aromatic rings. The minimum atomic E-state index is -0.200. The number of hydrogen-bond donors (Lipinski definition) is 1. The van der Waals surface area contributed by atoms with Crippen LogP contribution in [0.1, 0.15) is 5.56 Å². The molecule has 0 saturated heterocycles. The van der Waals surface area contributed by atoms with Crippen molar-refractivity contribution in [2.75, 3.05) is 12.3 Å². The Morgan fingerprint density at radius 1 is 1.36 bits per heavy atom. The quantitative estimate of drug-likeness (QED) is 0.637. The van der Waals surface area contributed by atoms with E-state index in [0.29, 0.717) is 5.69 Å². The molecule has 0 atom stereocenters. The number of anilines is 1. The van der Waals surface area contributed by atoms with Gasteiger partial charge in [-0.2, -0.15) is 0 Å². The van der Waals surface area contributed by atoms with Crippen molar-refractivity contribution in [3.05, 3.63) is 35.9 Å². The maximum atomic E-state index is 10.1. The van der Waals surface area contributed by atoms with Gasteiger partial charge in [-0.15, -0.1) is 0 Å². The molecule has 1 aromatic carbocycles. The molecular weight excluding hydrogens is 138 g/mol. The summed E-state index contributed by atoms with van der Waals surface area (Å²) in [5.74, 6) is 0. The smallest absolute Gasteiger partial charge is 0.101 e. The van der Waals surface area contributed by atoms with Crippen molar-refractivity contribution in [2.24, 2.45) is 0 Å². The van der Waals surface area contributed by atoms with E-state index in [1.165, 1.54) is 0 Å². The van der Waals surface area contributed by atoms with Crippen LogP contribution >= 0.6 is 0 Å². The summed E-state index contributed by atoms with van der Waals surface area (Å²) in [7, 11) is 0. The fraction of sp³-hybridized carbons (Fsp3) is 0.111. The number of nitrogens with two attached hydrogens (primary N) is 1. The van der Waals surface area contributed by atoms with Crippen molar-refractivity contribution in [1.29, 1.82) is 0 Å². The summed E-state index contributed by atoms with van der Waals surface area (Å²) in [6.45, 7) is -0.200. The summed E-state index contributed by atoms with van der Waals surface area (Å²) in [5.41, 5.74) is 7.22. The second-order valence-electron chi connectivity index (χ2n) is 2.20. The maximum absolute atomic E-state index is 10.1. The lowest BCUT2D eigenvalue weighted by molar-refractivity contribution is 0.233. The van der Waals surface area contributed by atoms with Crippen LogP contribution in [-0.2, 0) is 5.11 Å². The molecule has 0 aromatic heterocycles. The third-order valence-electron chi connectivity index (χ3n) is 1.39. The Kier molecular flexibility index (Phi) is 2.69. The van der Waals surface area contributed by atoms with Crippen LogP contribution in [0.25, 0.3) is 6.08 Å². The Morgan fingerprint density at radius 3 is 2.73 bits per heavy atom. The summed E-state index contributed by atoms with van der Waals surface area (Å²) < 4.78 is 0. The zero-order valence-corrected chi connectivity index (χ0v) is 6.16. The van der Waals surface area contributed by atoms with Crippen molar-refractivity contribution in [3.8, 4) is 0 Å². The van der Waals surface area contributed by atoms with Crippen LogP contribution < -0.4 is 5.73 Å². The number of para-hydroxylation sites is 1. The second-order valence-corrected chi connectivity index (χ2v) is 2.20. The molecule has 2 nitrogen and oxygen atoms in total. The first-order chi connectivity index (χ1) is 5.34. The second kappa shape index (κ2) is 3.78. The monoisotopic (exact) mass is 148 g/mol. The molecule has 0 bridgehead atoms. The molecule has 1 radical (unpaired) electrons. The fourth-order valence-electron chi connectivity index (χ4n) is 0.838. The van der Waals surface area contributed by atoms with Gasteiger partial charge in [0.1, 0.15) is 6.61 Å². The standard InChI is InChI=1S/C9H10NO/c10-9-6-2-1-4-8(9)5-3-7-11/h1-6H,7,10H2. The maximum Gasteiger partial charge on any atom is 0.101 e. The summed E-state index contributed by atoms with van der Waals surface area (Å²) in [5, 5.41) is 10.1. The van der Waals surface area contributed by atoms with Crippen LogP contribution in [0.3, 0.4) is 0 Å². The summed E-state index contributed by atoms with van der Waals surface area (Å²) in [4.78, 5) is 0. The molecule has 0 spiro atoms. The summed E-state index contributed by atoms with van der Waals surface area (Å²) in [6, 6.07) is 7.44. The average molecular weight is 148 g/mol. The Balaban J connectivity index is 2.86. The molecule has 11 heavy (non-hydrogen) atoms. The first kappa shape index (κ1) is 7.82. The molecule has 0 heterocycles. The van der Waals surface area contributed by atoms with Crippen LogP contribution in [0.4, 0.5) is 5.69 Å². The zero-order valence-electron chi connectivity index (χ0n) is 6.16. The lowest BCUT2D eigenvalue weighted by Gasteiger charge is -1.96. The molecule has 0 unspecified atom stereocenters. The third-order valence-corrected chi connectivity index (χ3v) is 1.39. The van der Waals surface area contributed by atoms with Crippen molar-refractivity contribution < 1.29 is 5.11 Å². The lowest BCUT2D eigenvalue weighted by Crippen LogP contribution is -1.87. The molecular formula is C9H10NO. The van der Waals surface area contributed by atoms with E-state index in [1.807, 2.05) is 24.3 Å². The predicted octanol–water partition coefficient (Wildman–Crippen LogP) is 1.71. The molecule has 2 heteroatoms. The van der Waals surface area contributed by atoms with E-state index in [0.717, 1.165) is 5.56 Å². The van der Waals surface area contributed by atoms with Crippen LogP contribution in [-0.4, -0.2) is 6.61 Å². The predicted molar refractivity (Wildman–Crippen MR) is 45.4 cm³/mol. The van der Waals surface area contributed by atoms with Gasteiger partial charge in [0.15, 0.2) is 0 Å². The van der Waals surface area contributed by atoms with E-state index >= 15 is 0 Å². The van der Waals surface area contributed by atoms with E-state index in [1.54, 1.807) is 12.2 Å².